The average Bonchev–Trinajstić information content (AvgIpc) is 2.77. The topological polar surface area (TPSA) is 12.5 Å². The molecule has 1 heterocycles. The van der Waals surface area contributed by atoms with Gasteiger partial charge in [0, 0.05) is 29.8 Å². The Labute approximate surface area is 108 Å². The summed E-state index contributed by atoms with van der Waals surface area (Å²) in [4.78, 5) is 3.80. The van der Waals surface area contributed by atoms with Crippen molar-refractivity contribution in [3.63, 3.8) is 0 Å². The lowest BCUT2D eigenvalue weighted by molar-refractivity contribution is 0.0858. The summed E-state index contributed by atoms with van der Waals surface area (Å²) >= 11 is 1.93. The van der Waals surface area contributed by atoms with Crippen molar-refractivity contribution in [1.82, 2.24) is 4.90 Å². The van der Waals surface area contributed by atoms with Crippen molar-refractivity contribution in [3.8, 4) is 0 Å². The summed E-state index contributed by atoms with van der Waals surface area (Å²) in [6.07, 6.45) is 1.56. The fourth-order valence-corrected chi connectivity index (χ4v) is 3.25. The molecular formula is C14H21NOS. The number of rotatable bonds is 5. The number of likely N-dealkylation sites (N-methyl/N-ethyl adjacent to an activating group) is 1. The van der Waals surface area contributed by atoms with Crippen LogP contribution in [0.15, 0.2) is 35.2 Å². The molecule has 0 saturated carbocycles. The molecule has 2 atom stereocenters. The zero-order valence-corrected chi connectivity index (χ0v) is 11.5. The van der Waals surface area contributed by atoms with E-state index in [1.54, 1.807) is 0 Å². The second kappa shape index (κ2) is 6.43. The average molecular weight is 251 g/mol. The molecule has 2 rings (SSSR count). The molecule has 0 aromatic heterocycles. The van der Waals surface area contributed by atoms with Crippen LogP contribution in [0.25, 0.3) is 0 Å². The lowest BCUT2D eigenvalue weighted by Crippen LogP contribution is -2.38. The first-order valence-corrected chi connectivity index (χ1v) is 7.25. The van der Waals surface area contributed by atoms with E-state index in [0.717, 1.165) is 18.9 Å². The monoisotopic (exact) mass is 251 g/mol. The molecule has 17 heavy (non-hydrogen) atoms. The van der Waals surface area contributed by atoms with Gasteiger partial charge in [0.2, 0.25) is 0 Å². The van der Waals surface area contributed by atoms with Crippen molar-refractivity contribution in [3.05, 3.63) is 30.3 Å². The van der Waals surface area contributed by atoms with E-state index in [1.807, 2.05) is 11.8 Å². The summed E-state index contributed by atoms with van der Waals surface area (Å²) in [5.74, 6) is 1.14. The maximum atomic E-state index is 5.60. The molecule has 3 heteroatoms. The van der Waals surface area contributed by atoms with Crippen LogP contribution >= 0.6 is 11.8 Å². The third kappa shape index (κ3) is 3.73. The molecule has 1 aromatic rings. The van der Waals surface area contributed by atoms with Gasteiger partial charge in [-0.2, -0.15) is 0 Å². The molecule has 0 N–H and O–H groups in total. The van der Waals surface area contributed by atoms with Crippen LogP contribution in [0.1, 0.15) is 13.3 Å². The summed E-state index contributed by atoms with van der Waals surface area (Å²) in [6, 6.07) is 11.2. The van der Waals surface area contributed by atoms with Crippen LogP contribution in [0.4, 0.5) is 0 Å². The van der Waals surface area contributed by atoms with Gasteiger partial charge >= 0.3 is 0 Å². The molecule has 0 spiro atoms. The lowest BCUT2D eigenvalue weighted by Gasteiger charge is -2.26. The van der Waals surface area contributed by atoms with Crippen LogP contribution in [0.2, 0.25) is 0 Å². The van der Waals surface area contributed by atoms with Crippen LogP contribution in [0.5, 0.6) is 0 Å². The normalized spacial score (nSPS) is 24.4. The number of thioether (sulfide) groups is 1. The van der Waals surface area contributed by atoms with Crippen LogP contribution < -0.4 is 0 Å². The van der Waals surface area contributed by atoms with E-state index < -0.39 is 0 Å². The van der Waals surface area contributed by atoms with E-state index in [9.17, 15) is 0 Å². The molecule has 2 nitrogen and oxygen atoms in total. The van der Waals surface area contributed by atoms with Gasteiger partial charge in [0.15, 0.2) is 0 Å². The highest BCUT2D eigenvalue weighted by molar-refractivity contribution is 7.99. The largest absolute Gasteiger partial charge is 0.377 e. The Hall–Kier alpha value is -0.510. The fourth-order valence-electron chi connectivity index (χ4n) is 2.29. The second-order valence-corrected chi connectivity index (χ2v) is 5.74. The third-order valence-corrected chi connectivity index (χ3v) is 4.35. The number of hydrogen-bond donors (Lipinski definition) is 0. The molecule has 2 unspecified atom stereocenters. The molecule has 0 aliphatic carbocycles. The van der Waals surface area contributed by atoms with Crippen molar-refractivity contribution in [2.45, 2.75) is 30.4 Å². The van der Waals surface area contributed by atoms with Gasteiger partial charge in [-0.15, -0.1) is 11.8 Å². The summed E-state index contributed by atoms with van der Waals surface area (Å²) in [5, 5.41) is 0. The number of ether oxygens (including phenoxy) is 1. The number of nitrogens with zero attached hydrogens (tertiary/aromatic N) is 1. The van der Waals surface area contributed by atoms with Gasteiger partial charge in [0.05, 0.1) is 6.10 Å². The van der Waals surface area contributed by atoms with Crippen molar-refractivity contribution in [2.75, 3.05) is 26.0 Å². The maximum Gasteiger partial charge on any atom is 0.0702 e. The summed E-state index contributed by atoms with van der Waals surface area (Å²) in [6.45, 7) is 4.22. The highest BCUT2D eigenvalue weighted by Crippen LogP contribution is 2.20. The predicted octanol–water partition coefficient (Wildman–Crippen LogP) is 2.89. The maximum absolute atomic E-state index is 5.60. The Morgan fingerprint density at radius 2 is 2.12 bits per heavy atom. The first-order valence-electron chi connectivity index (χ1n) is 6.27. The quantitative estimate of drug-likeness (QED) is 0.747. The Kier molecular flexibility index (Phi) is 4.89. The zero-order valence-electron chi connectivity index (χ0n) is 10.6. The molecule has 1 aliphatic heterocycles. The molecule has 94 valence electrons. The number of hydrogen-bond acceptors (Lipinski definition) is 3. The molecular weight excluding hydrogens is 230 g/mol. The van der Waals surface area contributed by atoms with Gasteiger partial charge in [-0.05, 0) is 32.5 Å². The molecule has 1 fully saturated rings. The number of benzene rings is 1. The smallest absolute Gasteiger partial charge is 0.0702 e. The molecule has 0 bridgehead atoms. The van der Waals surface area contributed by atoms with Crippen LogP contribution in [-0.2, 0) is 4.74 Å². The van der Waals surface area contributed by atoms with Crippen LogP contribution in [0.3, 0.4) is 0 Å². The Morgan fingerprint density at radius 1 is 1.35 bits per heavy atom. The van der Waals surface area contributed by atoms with Gasteiger partial charge in [0.1, 0.15) is 0 Å². The molecule has 0 amide bonds. The van der Waals surface area contributed by atoms with Crippen molar-refractivity contribution >= 4 is 11.8 Å². The molecule has 1 aromatic carbocycles. The van der Waals surface area contributed by atoms with Gasteiger partial charge < -0.3 is 4.74 Å². The van der Waals surface area contributed by atoms with E-state index in [1.165, 1.54) is 11.3 Å². The van der Waals surface area contributed by atoms with E-state index in [-0.39, 0.29) is 0 Å². The van der Waals surface area contributed by atoms with Crippen LogP contribution in [0, 0.1) is 0 Å². The Bertz CT molecular complexity index is 330. The first kappa shape index (κ1) is 12.9. The SMILES string of the molecule is CC1OCCC1N(C)CCSc1ccccc1. The van der Waals surface area contributed by atoms with E-state index >= 15 is 0 Å². The van der Waals surface area contributed by atoms with Gasteiger partial charge in [0.25, 0.3) is 0 Å². The van der Waals surface area contributed by atoms with Gasteiger partial charge in [-0.3, -0.25) is 4.90 Å². The molecule has 1 saturated heterocycles. The first-order chi connectivity index (χ1) is 8.27. The minimum absolute atomic E-state index is 0.390. The third-order valence-electron chi connectivity index (χ3n) is 3.36. The van der Waals surface area contributed by atoms with E-state index in [0.29, 0.717) is 12.1 Å². The van der Waals surface area contributed by atoms with Crippen molar-refractivity contribution in [1.29, 1.82) is 0 Å². The Balaban J connectivity index is 1.71. The lowest BCUT2D eigenvalue weighted by atomic mass is 10.1. The van der Waals surface area contributed by atoms with Crippen LogP contribution in [-0.4, -0.2) is 43.0 Å². The zero-order chi connectivity index (χ0) is 12.1. The molecule has 0 radical (unpaired) electrons. The van der Waals surface area contributed by atoms with E-state index in [4.69, 9.17) is 4.74 Å². The van der Waals surface area contributed by atoms with E-state index in [2.05, 4.69) is 49.2 Å². The Morgan fingerprint density at radius 3 is 2.76 bits per heavy atom. The van der Waals surface area contributed by atoms with Crippen molar-refractivity contribution in [2.24, 2.45) is 0 Å². The highest BCUT2D eigenvalue weighted by atomic mass is 32.2. The summed E-state index contributed by atoms with van der Waals surface area (Å²) in [5.41, 5.74) is 0. The predicted molar refractivity (Wildman–Crippen MR) is 73.6 cm³/mol. The van der Waals surface area contributed by atoms with Crippen molar-refractivity contribution < 1.29 is 4.74 Å². The fraction of sp³-hybridized carbons (Fsp3) is 0.571. The summed E-state index contributed by atoms with van der Waals surface area (Å²) in [7, 11) is 2.21. The minimum Gasteiger partial charge on any atom is -0.377 e. The second-order valence-electron chi connectivity index (χ2n) is 4.57. The minimum atomic E-state index is 0.390. The standard InChI is InChI=1S/C14H21NOS/c1-12-14(8-10-16-12)15(2)9-11-17-13-6-4-3-5-7-13/h3-7,12,14H,8-11H2,1-2H3. The summed E-state index contributed by atoms with van der Waals surface area (Å²) < 4.78 is 5.60. The van der Waals surface area contributed by atoms with Gasteiger partial charge in [-0.25, -0.2) is 0 Å². The highest BCUT2D eigenvalue weighted by Gasteiger charge is 2.27. The molecule has 1 aliphatic rings. The van der Waals surface area contributed by atoms with Gasteiger partial charge in [-0.1, -0.05) is 18.2 Å².